The second-order valence-electron chi connectivity index (χ2n) is 5.28. The summed E-state index contributed by atoms with van der Waals surface area (Å²) in [5.41, 5.74) is 0. The van der Waals surface area contributed by atoms with Crippen LogP contribution in [0, 0.1) is 17.8 Å². The van der Waals surface area contributed by atoms with E-state index >= 15 is 0 Å². The van der Waals surface area contributed by atoms with Crippen LogP contribution in [0.25, 0.3) is 0 Å². The summed E-state index contributed by atoms with van der Waals surface area (Å²) in [4.78, 5) is 0. The van der Waals surface area contributed by atoms with Crippen molar-refractivity contribution in [3.63, 3.8) is 0 Å². The standard InChI is InChI=1S/C10H15B/c11-10-4-7-1-8(5-10)3-9(2-7)6-10/h7-9H,1-6H2. The maximum absolute atomic E-state index is 6.32. The molecular weight excluding hydrogens is 131 g/mol. The first kappa shape index (κ1) is 6.57. The van der Waals surface area contributed by atoms with Gasteiger partial charge >= 0.3 is 0 Å². The van der Waals surface area contributed by atoms with E-state index < -0.39 is 0 Å². The van der Waals surface area contributed by atoms with E-state index in [0.29, 0.717) is 5.31 Å². The van der Waals surface area contributed by atoms with E-state index in [-0.39, 0.29) is 0 Å². The number of hydrogen-bond donors (Lipinski definition) is 0. The summed E-state index contributed by atoms with van der Waals surface area (Å²) in [5, 5.41) is 0.300. The van der Waals surface area contributed by atoms with Gasteiger partial charge in [-0.15, -0.1) is 0 Å². The molecular formula is C10H15B. The highest BCUT2D eigenvalue weighted by Gasteiger charge is 2.47. The zero-order valence-electron chi connectivity index (χ0n) is 7.05. The van der Waals surface area contributed by atoms with Crippen LogP contribution >= 0.6 is 0 Å². The molecule has 0 aliphatic heterocycles. The van der Waals surface area contributed by atoms with Gasteiger partial charge in [-0.05, 0) is 37.0 Å². The molecule has 0 spiro atoms. The van der Waals surface area contributed by atoms with Crippen LogP contribution in [-0.2, 0) is 0 Å². The molecule has 1 heteroatoms. The summed E-state index contributed by atoms with van der Waals surface area (Å²) in [7, 11) is 6.32. The molecule has 4 fully saturated rings. The van der Waals surface area contributed by atoms with Crippen LogP contribution in [-0.4, -0.2) is 7.85 Å². The third-order valence-corrected chi connectivity index (χ3v) is 4.09. The lowest BCUT2D eigenvalue weighted by atomic mass is 9.43. The van der Waals surface area contributed by atoms with Crippen LogP contribution in [0.4, 0.5) is 0 Å². The molecule has 0 unspecified atom stereocenters. The predicted molar refractivity (Wildman–Crippen MR) is 46.6 cm³/mol. The van der Waals surface area contributed by atoms with Crippen molar-refractivity contribution in [2.45, 2.75) is 43.8 Å². The third kappa shape index (κ3) is 0.894. The van der Waals surface area contributed by atoms with Crippen LogP contribution in [0.3, 0.4) is 0 Å². The second kappa shape index (κ2) is 1.86. The van der Waals surface area contributed by atoms with E-state index in [0.717, 1.165) is 17.8 Å². The van der Waals surface area contributed by atoms with Crippen molar-refractivity contribution in [3.05, 3.63) is 0 Å². The summed E-state index contributed by atoms with van der Waals surface area (Å²) in [5.74, 6) is 3.06. The fourth-order valence-corrected chi connectivity index (χ4v) is 4.18. The lowest BCUT2D eigenvalue weighted by Gasteiger charge is -2.56. The molecule has 0 saturated heterocycles. The summed E-state index contributed by atoms with van der Waals surface area (Å²) in [6.07, 6.45) is 8.57. The maximum Gasteiger partial charge on any atom is 0.0746 e. The Morgan fingerprint density at radius 3 is 1.45 bits per heavy atom. The topological polar surface area (TPSA) is 0 Å². The third-order valence-electron chi connectivity index (χ3n) is 4.09. The minimum Gasteiger partial charge on any atom is -0.0653 e. The maximum atomic E-state index is 6.32. The van der Waals surface area contributed by atoms with Crippen molar-refractivity contribution >= 4 is 7.85 Å². The van der Waals surface area contributed by atoms with E-state index in [1.54, 1.807) is 0 Å². The minimum atomic E-state index is 0.300. The molecule has 11 heavy (non-hydrogen) atoms. The number of rotatable bonds is 0. The van der Waals surface area contributed by atoms with Gasteiger partial charge in [0.1, 0.15) is 0 Å². The van der Waals surface area contributed by atoms with Gasteiger partial charge < -0.3 is 0 Å². The minimum absolute atomic E-state index is 0.300. The SMILES string of the molecule is [B]C12CC3CC(CC(C3)C1)C2. The Morgan fingerprint density at radius 1 is 0.818 bits per heavy atom. The molecule has 0 nitrogen and oxygen atoms in total. The average Bonchev–Trinajstić information content (AvgIpc) is 1.79. The first-order chi connectivity index (χ1) is 5.23. The summed E-state index contributed by atoms with van der Waals surface area (Å²) < 4.78 is 0. The second-order valence-corrected chi connectivity index (χ2v) is 5.28. The highest BCUT2D eigenvalue weighted by Crippen LogP contribution is 2.62. The Labute approximate surface area is 70.2 Å². The Bertz CT molecular complexity index is 150. The quantitative estimate of drug-likeness (QED) is 0.460. The van der Waals surface area contributed by atoms with Crippen molar-refractivity contribution in [1.29, 1.82) is 0 Å². The van der Waals surface area contributed by atoms with Gasteiger partial charge in [0, 0.05) is 0 Å². The van der Waals surface area contributed by atoms with Gasteiger partial charge in [-0.1, -0.05) is 24.6 Å². The lowest BCUT2D eigenvalue weighted by Crippen LogP contribution is -2.42. The first-order valence-corrected chi connectivity index (χ1v) is 5.02. The molecule has 4 aliphatic carbocycles. The van der Waals surface area contributed by atoms with Crippen molar-refractivity contribution in [1.82, 2.24) is 0 Å². The van der Waals surface area contributed by atoms with Gasteiger partial charge in [0.25, 0.3) is 0 Å². The number of hydrogen-bond acceptors (Lipinski definition) is 0. The predicted octanol–water partition coefficient (Wildman–Crippen LogP) is 2.54. The first-order valence-electron chi connectivity index (χ1n) is 5.02. The molecule has 4 saturated carbocycles. The fourth-order valence-electron chi connectivity index (χ4n) is 4.18. The molecule has 0 aromatic carbocycles. The van der Waals surface area contributed by atoms with E-state index in [4.69, 9.17) is 7.85 Å². The molecule has 2 radical (unpaired) electrons. The fraction of sp³-hybridized carbons (Fsp3) is 1.00. The molecule has 0 atom stereocenters. The molecule has 0 aromatic heterocycles. The van der Waals surface area contributed by atoms with E-state index in [2.05, 4.69) is 0 Å². The normalized spacial score (nSPS) is 60.2. The van der Waals surface area contributed by atoms with Crippen molar-refractivity contribution < 1.29 is 0 Å². The van der Waals surface area contributed by atoms with Gasteiger partial charge in [-0.2, -0.15) is 0 Å². The van der Waals surface area contributed by atoms with Crippen molar-refractivity contribution in [2.24, 2.45) is 17.8 Å². The molecule has 4 aliphatic rings. The Morgan fingerprint density at radius 2 is 1.18 bits per heavy atom. The highest BCUT2D eigenvalue weighted by molar-refractivity contribution is 6.15. The van der Waals surface area contributed by atoms with E-state index in [9.17, 15) is 0 Å². The Kier molecular flexibility index (Phi) is 1.11. The molecule has 4 bridgehead atoms. The molecule has 0 N–H and O–H groups in total. The van der Waals surface area contributed by atoms with Gasteiger partial charge in [0.05, 0.1) is 7.85 Å². The van der Waals surface area contributed by atoms with Crippen LogP contribution in [0.2, 0.25) is 5.31 Å². The van der Waals surface area contributed by atoms with Crippen LogP contribution in [0.1, 0.15) is 38.5 Å². The summed E-state index contributed by atoms with van der Waals surface area (Å²) in [6, 6.07) is 0. The van der Waals surface area contributed by atoms with Crippen LogP contribution < -0.4 is 0 Å². The van der Waals surface area contributed by atoms with E-state index in [1.807, 2.05) is 0 Å². The zero-order chi connectivity index (χ0) is 7.47. The average molecular weight is 146 g/mol. The van der Waals surface area contributed by atoms with Crippen LogP contribution in [0.15, 0.2) is 0 Å². The smallest absolute Gasteiger partial charge is 0.0653 e. The Hall–Kier alpha value is 0.0649. The van der Waals surface area contributed by atoms with Gasteiger partial charge in [-0.3, -0.25) is 0 Å². The molecule has 0 aromatic rings. The summed E-state index contributed by atoms with van der Waals surface area (Å²) in [6.45, 7) is 0. The van der Waals surface area contributed by atoms with Crippen molar-refractivity contribution in [3.8, 4) is 0 Å². The highest BCUT2D eigenvalue weighted by atomic mass is 14.5. The van der Waals surface area contributed by atoms with Gasteiger partial charge in [-0.25, -0.2) is 0 Å². The monoisotopic (exact) mass is 146 g/mol. The van der Waals surface area contributed by atoms with Crippen LogP contribution in [0.5, 0.6) is 0 Å². The largest absolute Gasteiger partial charge is 0.0746 e. The van der Waals surface area contributed by atoms with E-state index in [1.165, 1.54) is 38.5 Å². The van der Waals surface area contributed by atoms with Gasteiger partial charge in [0.15, 0.2) is 0 Å². The summed E-state index contributed by atoms with van der Waals surface area (Å²) >= 11 is 0. The van der Waals surface area contributed by atoms with Crippen molar-refractivity contribution in [2.75, 3.05) is 0 Å². The Balaban J connectivity index is 1.94. The molecule has 0 amide bonds. The lowest BCUT2D eigenvalue weighted by molar-refractivity contribution is 0.0303. The molecule has 0 heterocycles. The molecule has 58 valence electrons. The van der Waals surface area contributed by atoms with Gasteiger partial charge in [0.2, 0.25) is 0 Å². The molecule has 4 rings (SSSR count). The zero-order valence-corrected chi connectivity index (χ0v) is 7.05.